The maximum Gasteiger partial charge on any atom is 0.00355 e. The lowest BCUT2D eigenvalue weighted by Crippen LogP contribution is -2.38. The van der Waals surface area contributed by atoms with E-state index in [-0.39, 0.29) is 0 Å². The standard InChI is InChI=1S/C14H31N3/c1-13(2)17(4)10-6-8-15-11-14-7-5-9-16(3)12-14/h13-15H,5-12H2,1-4H3. The highest BCUT2D eigenvalue weighted by atomic mass is 15.1. The highest BCUT2D eigenvalue weighted by molar-refractivity contribution is 4.72. The molecule has 0 radical (unpaired) electrons. The second-order valence-corrected chi connectivity index (χ2v) is 5.90. The molecule has 1 N–H and O–H groups in total. The number of nitrogens with zero attached hydrogens (tertiary/aromatic N) is 2. The van der Waals surface area contributed by atoms with Crippen LogP contribution in [0.4, 0.5) is 0 Å². The molecule has 1 atom stereocenters. The van der Waals surface area contributed by atoms with Crippen molar-refractivity contribution in [2.75, 3.05) is 46.8 Å². The van der Waals surface area contributed by atoms with Crippen molar-refractivity contribution < 1.29 is 0 Å². The molecule has 0 aromatic carbocycles. The zero-order chi connectivity index (χ0) is 12.7. The van der Waals surface area contributed by atoms with Crippen LogP contribution in [0, 0.1) is 5.92 Å². The molecular formula is C14H31N3. The number of rotatable bonds is 7. The fraction of sp³-hybridized carbons (Fsp3) is 1.00. The summed E-state index contributed by atoms with van der Waals surface area (Å²) in [5.41, 5.74) is 0. The Morgan fingerprint density at radius 3 is 2.82 bits per heavy atom. The summed E-state index contributed by atoms with van der Waals surface area (Å²) in [5, 5.41) is 3.62. The van der Waals surface area contributed by atoms with E-state index in [2.05, 4.69) is 43.1 Å². The van der Waals surface area contributed by atoms with Crippen molar-refractivity contribution in [3.05, 3.63) is 0 Å². The minimum atomic E-state index is 0.669. The average Bonchev–Trinajstić information content (AvgIpc) is 2.28. The fourth-order valence-corrected chi connectivity index (χ4v) is 2.46. The Morgan fingerprint density at radius 1 is 1.41 bits per heavy atom. The topological polar surface area (TPSA) is 18.5 Å². The summed E-state index contributed by atoms with van der Waals surface area (Å²) in [6.45, 7) is 10.6. The molecule has 1 rings (SSSR count). The first-order chi connectivity index (χ1) is 8.09. The molecule has 1 fully saturated rings. The molecule has 0 aromatic heterocycles. The average molecular weight is 241 g/mol. The van der Waals surface area contributed by atoms with Gasteiger partial charge in [-0.25, -0.2) is 0 Å². The third-order valence-corrected chi connectivity index (χ3v) is 3.90. The minimum absolute atomic E-state index is 0.669. The van der Waals surface area contributed by atoms with Gasteiger partial charge in [0.05, 0.1) is 0 Å². The van der Waals surface area contributed by atoms with E-state index in [1.807, 2.05) is 0 Å². The lowest BCUT2D eigenvalue weighted by molar-refractivity contribution is 0.205. The molecule has 3 heteroatoms. The van der Waals surface area contributed by atoms with Gasteiger partial charge in [0, 0.05) is 12.6 Å². The molecule has 102 valence electrons. The maximum atomic E-state index is 3.62. The van der Waals surface area contributed by atoms with E-state index in [0.717, 1.165) is 12.5 Å². The van der Waals surface area contributed by atoms with Crippen molar-refractivity contribution in [1.82, 2.24) is 15.1 Å². The highest BCUT2D eigenvalue weighted by Gasteiger charge is 2.16. The Kier molecular flexibility index (Phi) is 7.09. The zero-order valence-corrected chi connectivity index (χ0v) is 12.2. The van der Waals surface area contributed by atoms with Gasteiger partial charge in [-0.15, -0.1) is 0 Å². The molecule has 1 aliphatic heterocycles. The largest absolute Gasteiger partial charge is 0.316 e. The summed E-state index contributed by atoms with van der Waals surface area (Å²) in [5.74, 6) is 0.872. The van der Waals surface area contributed by atoms with Crippen LogP contribution < -0.4 is 5.32 Å². The van der Waals surface area contributed by atoms with Crippen molar-refractivity contribution in [2.45, 2.75) is 39.2 Å². The van der Waals surface area contributed by atoms with Crippen LogP contribution in [0.25, 0.3) is 0 Å². The van der Waals surface area contributed by atoms with Crippen LogP contribution in [0.15, 0.2) is 0 Å². The van der Waals surface area contributed by atoms with Crippen LogP contribution in [0.1, 0.15) is 33.1 Å². The van der Waals surface area contributed by atoms with Crippen molar-refractivity contribution in [3.8, 4) is 0 Å². The molecule has 1 heterocycles. The molecule has 1 aliphatic rings. The summed E-state index contributed by atoms with van der Waals surface area (Å²) in [7, 11) is 4.45. The van der Waals surface area contributed by atoms with Crippen LogP contribution in [0.3, 0.4) is 0 Å². The van der Waals surface area contributed by atoms with Gasteiger partial charge in [0.1, 0.15) is 0 Å². The summed E-state index contributed by atoms with van der Waals surface area (Å²) in [4.78, 5) is 4.87. The molecule has 0 bridgehead atoms. The Hall–Kier alpha value is -0.120. The van der Waals surface area contributed by atoms with Gasteiger partial charge in [-0.3, -0.25) is 0 Å². The van der Waals surface area contributed by atoms with Crippen molar-refractivity contribution in [3.63, 3.8) is 0 Å². The van der Waals surface area contributed by atoms with Crippen molar-refractivity contribution >= 4 is 0 Å². The zero-order valence-electron chi connectivity index (χ0n) is 12.2. The van der Waals surface area contributed by atoms with Gasteiger partial charge in [0.25, 0.3) is 0 Å². The lowest BCUT2D eigenvalue weighted by Gasteiger charge is -2.29. The Labute approximate surface area is 108 Å². The van der Waals surface area contributed by atoms with E-state index in [0.29, 0.717) is 6.04 Å². The van der Waals surface area contributed by atoms with Crippen LogP contribution in [-0.4, -0.2) is 62.7 Å². The third kappa shape index (κ3) is 6.39. The lowest BCUT2D eigenvalue weighted by atomic mass is 9.98. The first-order valence-corrected chi connectivity index (χ1v) is 7.19. The van der Waals surface area contributed by atoms with Gasteiger partial charge >= 0.3 is 0 Å². The normalized spacial score (nSPS) is 22.6. The fourth-order valence-electron chi connectivity index (χ4n) is 2.46. The first kappa shape index (κ1) is 14.9. The molecule has 0 aromatic rings. The quantitative estimate of drug-likeness (QED) is 0.684. The molecular weight excluding hydrogens is 210 g/mol. The molecule has 0 saturated carbocycles. The summed E-state index contributed by atoms with van der Waals surface area (Å²) >= 11 is 0. The Bertz CT molecular complexity index is 194. The van der Waals surface area contributed by atoms with Crippen molar-refractivity contribution in [1.29, 1.82) is 0 Å². The highest BCUT2D eigenvalue weighted by Crippen LogP contribution is 2.13. The number of hydrogen-bond donors (Lipinski definition) is 1. The van der Waals surface area contributed by atoms with E-state index < -0.39 is 0 Å². The third-order valence-electron chi connectivity index (χ3n) is 3.90. The van der Waals surface area contributed by atoms with Gasteiger partial charge in [-0.1, -0.05) is 0 Å². The molecule has 3 nitrogen and oxygen atoms in total. The molecule has 17 heavy (non-hydrogen) atoms. The number of nitrogens with one attached hydrogen (secondary N) is 1. The number of piperidine rings is 1. The van der Waals surface area contributed by atoms with Gasteiger partial charge in [0.15, 0.2) is 0 Å². The van der Waals surface area contributed by atoms with Crippen LogP contribution in [-0.2, 0) is 0 Å². The molecule has 0 amide bonds. The smallest absolute Gasteiger partial charge is 0.00355 e. The Balaban J connectivity index is 1.97. The predicted octanol–water partition coefficient (Wildman–Crippen LogP) is 1.65. The van der Waals surface area contributed by atoms with Gasteiger partial charge < -0.3 is 15.1 Å². The molecule has 0 aliphatic carbocycles. The minimum Gasteiger partial charge on any atom is -0.316 e. The predicted molar refractivity (Wildman–Crippen MR) is 75.5 cm³/mol. The number of likely N-dealkylation sites (tertiary alicyclic amines) is 1. The second kappa shape index (κ2) is 8.06. The summed E-state index contributed by atoms with van der Waals surface area (Å²) in [6, 6.07) is 0.669. The second-order valence-electron chi connectivity index (χ2n) is 5.90. The van der Waals surface area contributed by atoms with E-state index in [4.69, 9.17) is 0 Å². The van der Waals surface area contributed by atoms with E-state index in [1.54, 1.807) is 0 Å². The van der Waals surface area contributed by atoms with E-state index in [1.165, 1.54) is 45.4 Å². The monoisotopic (exact) mass is 241 g/mol. The SMILES string of the molecule is CC(C)N(C)CCCNCC1CCCN(C)C1. The summed E-state index contributed by atoms with van der Waals surface area (Å²) < 4.78 is 0. The first-order valence-electron chi connectivity index (χ1n) is 7.19. The van der Waals surface area contributed by atoms with Crippen LogP contribution >= 0.6 is 0 Å². The number of hydrogen-bond acceptors (Lipinski definition) is 3. The van der Waals surface area contributed by atoms with Gasteiger partial charge in [0.2, 0.25) is 0 Å². The Morgan fingerprint density at radius 2 is 2.18 bits per heavy atom. The van der Waals surface area contributed by atoms with Crippen LogP contribution in [0.5, 0.6) is 0 Å². The van der Waals surface area contributed by atoms with E-state index >= 15 is 0 Å². The molecule has 1 unspecified atom stereocenters. The van der Waals surface area contributed by atoms with E-state index in [9.17, 15) is 0 Å². The molecule has 0 spiro atoms. The summed E-state index contributed by atoms with van der Waals surface area (Å²) in [6.07, 6.45) is 4.04. The van der Waals surface area contributed by atoms with Crippen LogP contribution in [0.2, 0.25) is 0 Å². The van der Waals surface area contributed by atoms with Gasteiger partial charge in [-0.05, 0) is 79.3 Å². The van der Waals surface area contributed by atoms with Gasteiger partial charge in [-0.2, -0.15) is 0 Å². The maximum absolute atomic E-state index is 3.62. The molecule has 1 saturated heterocycles. The van der Waals surface area contributed by atoms with Crippen molar-refractivity contribution in [2.24, 2.45) is 5.92 Å².